The van der Waals surface area contributed by atoms with Gasteiger partial charge in [0.2, 0.25) is 0 Å². The summed E-state index contributed by atoms with van der Waals surface area (Å²) in [4.78, 5) is 11.0. The van der Waals surface area contributed by atoms with E-state index in [0.717, 1.165) is 10.0 Å². The lowest BCUT2D eigenvalue weighted by molar-refractivity contribution is -0.141. The molecule has 0 aromatic heterocycles. The van der Waals surface area contributed by atoms with E-state index < -0.39 is 0 Å². The van der Waals surface area contributed by atoms with Crippen molar-refractivity contribution >= 4 is 45.9 Å². The van der Waals surface area contributed by atoms with Crippen LogP contribution in [0.15, 0.2) is 22.7 Å². The number of esters is 1. The highest BCUT2D eigenvalue weighted by molar-refractivity contribution is 9.10. The standard InChI is InChI=1S/C10H11BrClNO2.ClH/c1-15-10(14)5-9(13)7-3-2-6(12)4-8(7)11;/h2-4,9H,5,13H2,1H3;1H/t9-;/m0./s1. The summed E-state index contributed by atoms with van der Waals surface area (Å²) in [6.45, 7) is 0. The average Bonchev–Trinajstić information content (AvgIpc) is 2.17. The van der Waals surface area contributed by atoms with Gasteiger partial charge >= 0.3 is 5.97 Å². The molecule has 16 heavy (non-hydrogen) atoms. The molecule has 90 valence electrons. The molecule has 0 amide bonds. The molecule has 3 nitrogen and oxygen atoms in total. The second-order valence-corrected chi connectivity index (χ2v) is 4.34. The third kappa shape index (κ3) is 4.29. The van der Waals surface area contributed by atoms with E-state index in [4.69, 9.17) is 17.3 Å². The number of rotatable bonds is 3. The lowest BCUT2D eigenvalue weighted by Crippen LogP contribution is -2.16. The molecular weight excluding hydrogens is 317 g/mol. The van der Waals surface area contributed by atoms with Crippen LogP contribution in [0.1, 0.15) is 18.0 Å². The number of hydrogen-bond acceptors (Lipinski definition) is 3. The maximum atomic E-state index is 11.0. The summed E-state index contributed by atoms with van der Waals surface area (Å²) in [6, 6.07) is 4.89. The number of methoxy groups -OCH3 is 1. The van der Waals surface area contributed by atoms with E-state index in [1.807, 2.05) is 0 Å². The van der Waals surface area contributed by atoms with E-state index >= 15 is 0 Å². The smallest absolute Gasteiger partial charge is 0.307 e. The molecule has 0 bridgehead atoms. The molecule has 0 saturated carbocycles. The number of hydrogen-bond donors (Lipinski definition) is 1. The molecule has 6 heteroatoms. The Hall–Kier alpha value is -0.290. The molecule has 0 aliphatic carbocycles. The monoisotopic (exact) mass is 327 g/mol. The van der Waals surface area contributed by atoms with Crippen LogP contribution in [0, 0.1) is 0 Å². The molecule has 0 heterocycles. The van der Waals surface area contributed by atoms with E-state index in [1.54, 1.807) is 18.2 Å². The van der Waals surface area contributed by atoms with Crippen molar-refractivity contribution in [2.75, 3.05) is 7.11 Å². The highest BCUT2D eigenvalue weighted by Gasteiger charge is 2.14. The quantitative estimate of drug-likeness (QED) is 0.867. The molecule has 0 spiro atoms. The highest BCUT2D eigenvalue weighted by atomic mass is 79.9. The molecule has 0 radical (unpaired) electrons. The van der Waals surface area contributed by atoms with Gasteiger partial charge in [-0.15, -0.1) is 12.4 Å². The van der Waals surface area contributed by atoms with Crippen molar-refractivity contribution in [3.05, 3.63) is 33.3 Å². The van der Waals surface area contributed by atoms with Gasteiger partial charge in [0.05, 0.1) is 13.5 Å². The number of benzene rings is 1. The number of halogens is 3. The van der Waals surface area contributed by atoms with E-state index in [2.05, 4.69) is 20.7 Å². The van der Waals surface area contributed by atoms with Gasteiger partial charge in [-0.1, -0.05) is 33.6 Å². The van der Waals surface area contributed by atoms with Gasteiger partial charge in [0.15, 0.2) is 0 Å². The maximum Gasteiger partial charge on any atom is 0.307 e. The van der Waals surface area contributed by atoms with Crippen LogP contribution in [0.4, 0.5) is 0 Å². The van der Waals surface area contributed by atoms with Crippen LogP contribution in [0.2, 0.25) is 5.02 Å². The van der Waals surface area contributed by atoms with Crippen LogP contribution in [0.5, 0.6) is 0 Å². The van der Waals surface area contributed by atoms with Crippen LogP contribution in [0.25, 0.3) is 0 Å². The molecule has 1 atom stereocenters. The van der Waals surface area contributed by atoms with Crippen LogP contribution >= 0.6 is 39.9 Å². The number of nitrogens with two attached hydrogens (primary N) is 1. The topological polar surface area (TPSA) is 52.3 Å². The Kier molecular flexibility index (Phi) is 6.99. The lowest BCUT2D eigenvalue weighted by Gasteiger charge is -2.12. The molecule has 2 N–H and O–H groups in total. The predicted molar refractivity (Wildman–Crippen MR) is 70.0 cm³/mol. The fourth-order valence-electron chi connectivity index (χ4n) is 1.18. The van der Waals surface area contributed by atoms with Crippen molar-refractivity contribution in [2.24, 2.45) is 5.73 Å². The zero-order valence-electron chi connectivity index (χ0n) is 8.57. The zero-order valence-corrected chi connectivity index (χ0v) is 11.7. The van der Waals surface area contributed by atoms with Gasteiger partial charge in [-0.05, 0) is 17.7 Å². The Bertz CT molecular complexity index is 374. The second-order valence-electron chi connectivity index (χ2n) is 3.05. The highest BCUT2D eigenvalue weighted by Crippen LogP contribution is 2.27. The summed E-state index contributed by atoms with van der Waals surface area (Å²) in [5.74, 6) is -0.329. The van der Waals surface area contributed by atoms with Crippen molar-refractivity contribution in [1.82, 2.24) is 0 Å². The number of ether oxygens (including phenoxy) is 1. The molecule has 0 unspecified atom stereocenters. The minimum atomic E-state index is -0.385. The van der Waals surface area contributed by atoms with Gasteiger partial charge in [-0.25, -0.2) is 0 Å². The molecule has 0 aliphatic heterocycles. The average molecular weight is 329 g/mol. The van der Waals surface area contributed by atoms with Gasteiger partial charge in [0.25, 0.3) is 0 Å². The Balaban J connectivity index is 0.00000225. The molecular formula is C10H12BrCl2NO2. The van der Waals surface area contributed by atoms with E-state index in [-0.39, 0.29) is 30.8 Å². The number of carbonyl (C=O) groups excluding carboxylic acids is 1. The van der Waals surface area contributed by atoms with Gasteiger partial charge in [0.1, 0.15) is 0 Å². The molecule has 1 rings (SSSR count). The Morgan fingerprint density at radius 2 is 2.25 bits per heavy atom. The van der Waals surface area contributed by atoms with Crippen LogP contribution in [-0.4, -0.2) is 13.1 Å². The molecule has 0 fully saturated rings. The van der Waals surface area contributed by atoms with Crippen LogP contribution < -0.4 is 5.73 Å². The van der Waals surface area contributed by atoms with Crippen molar-refractivity contribution in [1.29, 1.82) is 0 Å². The second kappa shape index (κ2) is 7.12. The van der Waals surface area contributed by atoms with Crippen molar-refractivity contribution in [3.63, 3.8) is 0 Å². The summed E-state index contributed by atoms with van der Waals surface area (Å²) in [7, 11) is 1.34. The van der Waals surface area contributed by atoms with Crippen molar-refractivity contribution in [3.8, 4) is 0 Å². The summed E-state index contributed by atoms with van der Waals surface area (Å²) in [5, 5.41) is 0.621. The first-order valence-electron chi connectivity index (χ1n) is 4.32. The zero-order chi connectivity index (χ0) is 11.4. The van der Waals surface area contributed by atoms with E-state index in [0.29, 0.717) is 5.02 Å². The third-order valence-electron chi connectivity index (χ3n) is 1.98. The van der Waals surface area contributed by atoms with Crippen molar-refractivity contribution in [2.45, 2.75) is 12.5 Å². The van der Waals surface area contributed by atoms with Gasteiger partial charge in [-0.3, -0.25) is 4.79 Å². The first kappa shape index (κ1) is 15.7. The minimum Gasteiger partial charge on any atom is -0.469 e. The minimum absolute atomic E-state index is 0. The van der Waals surface area contributed by atoms with Gasteiger partial charge in [0, 0.05) is 15.5 Å². The third-order valence-corrected chi connectivity index (χ3v) is 2.90. The predicted octanol–water partition coefficient (Wildman–Crippen LogP) is 3.09. The first-order chi connectivity index (χ1) is 7.04. The summed E-state index contributed by atoms with van der Waals surface area (Å²) >= 11 is 9.14. The van der Waals surface area contributed by atoms with E-state index in [9.17, 15) is 4.79 Å². The summed E-state index contributed by atoms with van der Waals surface area (Å²) in [6.07, 6.45) is 0.150. The first-order valence-corrected chi connectivity index (χ1v) is 5.49. The normalized spacial score (nSPS) is 11.5. The fraction of sp³-hybridized carbons (Fsp3) is 0.300. The maximum absolute atomic E-state index is 11.0. The fourth-order valence-corrected chi connectivity index (χ4v) is 2.15. The molecule has 1 aromatic rings. The molecule has 0 saturated heterocycles. The SMILES string of the molecule is COC(=O)C[C@H](N)c1ccc(Cl)cc1Br.Cl. The van der Waals surface area contributed by atoms with Crippen LogP contribution in [-0.2, 0) is 9.53 Å². The number of carbonyl (C=O) groups is 1. The molecule has 0 aliphatic rings. The Morgan fingerprint density at radius 3 is 2.75 bits per heavy atom. The Morgan fingerprint density at radius 1 is 1.62 bits per heavy atom. The van der Waals surface area contributed by atoms with Gasteiger partial charge < -0.3 is 10.5 Å². The Labute approximate surface area is 114 Å². The van der Waals surface area contributed by atoms with Crippen molar-refractivity contribution < 1.29 is 9.53 Å². The van der Waals surface area contributed by atoms with Crippen LogP contribution in [0.3, 0.4) is 0 Å². The van der Waals surface area contributed by atoms with Gasteiger partial charge in [-0.2, -0.15) is 0 Å². The summed E-state index contributed by atoms with van der Waals surface area (Å²) in [5.41, 5.74) is 6.69. The summed E-state index contributed by atoms with van der Waals surface area (Å²) < 4.78 is 5.34. The van der Waals surface area contributed by atoms with E-state index in [1.165, 1.54) is 7.11 Å². The molecule has 1 aromatic carbocycles. The lowest BCUT2D eigenvalue weighted by atomic mass is 10.1. The largest absolute Gasteiger partial charge is 0.469 e.